The highest BCUT2D eigenvalue weighted by Gasteiger charge is 2.09. The highest BCUT2D eigenvalue weighted by atomic mass is 16.7. The van der Waals surface area contributed by atoms with Gasteiger partial charge in [0.25, 0.3) is 0 Å². The van der Waals surface area contributed by atoms with Gasteiger partial charge >= 0.3 is 11.9 Å². The third-order valence-electron chi connectivity index (χ3n) is 1.91. The van der Waals surface area contributed by atoms with E-state index >= 15 is 0 Å². The maximum atomic E-state index is 11.3. The van der Waals surface area contributed by atoms with Crippen molar-refractivity contribution in [3.63, 3.8) is 0 Å². The standard InChI is InChI=1S/C10H18N6O4/c1-13-9(11)15(3)19-7(17)5-6-8(18)20-16(4)10(12)14-2/h5-6H,1-4H3,(H2,11,13)(H2,12,14)/b6-5+. The number of carbonyl (C=O) groups is 2. The van der Waals surface area contributed by atoms with Gasteiger partial charge in [0.05, 0.1) is 0 Å². The van der Waals surface area contributed by atoms with Crippen LogP contribution in [0.3, 0.4) is 0 Å². The van der Waals surface area contributed by atoms with Crippen molar-refractivity contribution in [2.75, 3.05) is 28.2 Å². The minimum absolute atomic E-state index is 0.000917. The molecule has 0 aliphatic rings. The molecule has 0 aromatic rings. The third-order valence-corrected chi connectivity index (χ3v) is 1.91. The highest BCUT2D eigenvalue weighted by molar-refractivity contribution is 5.92. The zero-order valence-electron chi connectivity index (χ0n) is 11.7. The number of carbonyl (C=O) groups excluding carboxylic acids is 2. The number of hydrogen-bond donors (Lipinski definition) is 2. The molecule has 112 valence electrons. The average Bonchev–Trinajstić information content (AvgIpc) is 2.42. The Bertz CT molecular complexity index is 405. The number of hydrogen-bond acceptors (Lipinski definition) is 6. The molecule has 0 heterocycles. The summed E-state index contributed by atoms with van der Waals surface area (Å²) in [4.78, 5) is 39.3. The zero-order chi connectivity index (χ0) is 15.7. The normalized spacial score (nSPS) is 12.2. The summed E-state index contributed by atoms with van der Waals surface area (Å²) < 4.78 is 0. The number of nitrogens with two attached hydrogens (primary N) is 2. The second-order valence-electron chi connectivity index (χ2n) is 3.31. The summed E-state index contributed by atoms with van der Waals surface area (Å²) in [6.45, 7) is 0. The van der Waals surface area contributed by atoms with Gasteiger partial charge in [-0.2, -0.15) is 10.1 Å². The molecule has 0 aromatic heterocycles. The molecule has 0 amide bonds. The Morgan fingerprint density at radius 2 is 1.20 bits per heavy atom. The number of aliphatic imine (C=N–C) groups is 2. The zero-order valence-corrected chi connectivity index (χ0v) is 11.7. The van der Waals surface area contributed by atoms with E-state index in [-0.39, 0.29) is 11.9 Å². The molecule has 0 unspecified atom stereocenters. The predicted octanol–water partition coefficient (Wildman–Crippen LogP) is -1.79. The quantitative estimate of drug-likeness (QED) is 0.263. The van der Waals surface area contributed by atoms with Crippen LogP contribution in [0.5, 0.6) is 0 Å². The molecule has 0 bridgehead atoms. The molecule has 0 saturated carbocycles. The summed E-state index contributed by atoms with van der Waals surface area (Å²) in [5.74, 6) is -1.64. The van der Waals surface area contributed by atoms with Crippen molar-refractivity contribution in [1.29, 1.82) is 0 Å². The van der Waals surface area contributed by atoms with Crippen molar-refractivity contribution in [2.45, 2.75) is 0 Å². The highest BCUT2D eigenvalue weighted by Crippen LogP contribution is 1.92. The van der Waals surface area contributed by atoms with Crippen molar-refractivity contribution in [3.8, 4) is 0 Å². The van der Waals surface area contributed by atoms with Gasteiger partial charge in [0.2, 0.25) is 11.9 Å². The second kappa shape index (κ2) is 8.34. The first-order valence-corrected chi connectivity index (χ1v) is 5.35. The Kier molecular flexibility index (Phi) is 7.18. The van der Waals surface area contributed by atoms with Crippen LogP contribution in [0.15, 0.2) is 22.1 Å². The molecule has 10 nitrogen and oxygen atoms in total. The van der Waals surface area contributed by atoms with Crippen LogP contribution < -0.4 is 11.5 Å². The first-order valence-electron chi connectivity index (χ1n) is 5.35. The van der Waals surface area contributed by atoms with Gasteiger partial charge in [-0.25, -0.2) is 9.59 Å². The fourth-order valence-electron chi connectivity index (χ4n) is 0.842. The topological polar surface area (TPSA) is 136 Å². The van der Waals surface area contributed by atoms with Crippen LogP contribution in [0.25, 0.3) is 0 Å². The molecular weight excluding hydrogens is 268 g/mol. The molecule has 0 spiro atoms. The lowest BCUT2D eigenvalue weighted by Gasteiger charge is -2.15. The lowest BCUT2D eigenvalue weighted by atomic mass is 10.5. The molecule has 0 saturated heterocycles. The average molecular weight is 286 g/mol. The van der Waals surface area contributed by atoms with E-state index in [0.717, 1.165) is 22.3 Å². The number of nitrogens with zero attached hydrogens (tertiary/aromatic N) is 4. The van der Waals surface area contributed by atoms with Gasteiger partial charge in [-0.05, 0) is 0 Å². The van der Waals surface area contributed by atoms with Gasteiger partial charge < -0.3 is 21.1 Å². The molecule has 0 fully saturated rings. The summed E-state index contributed by atoms with van der Waals surface area (Å²) in [6.07, 6.45) is 1.74. The lowest BCUT2D eigenvalue weighted by Crippen LogP contribution is -2.36. The molecule has 4 N–H and O–H groups in total. The summed E-state index contributed by atoms with van der Waals surface area (Å²) in [5, 5.41) is 1.90. The minimum atomic E-state index is -0.823. The van der Waals surface area contributed by atoms with Crippen molar-refractivity contribution in [2.24, 2.45) is 21.5 Å². The van der Waals surface area contributed by atoms with E-state index < -0.39 is 11.9 Å². The molecule has 0 aromatic carbocycles. The van der Waals surface area contributed by atoms with Gasteiger partial charge in [0.1, 0.15) is 0 Å². The summed E-state index contributed by atoms with van der Waals surface area (Å²) >= 11 is 0. The number of hydroxylamine groups is 4. The summed E-state index contributed by atoms with van der Waals surface area (Å²) in [7, 11) is 5.64. The molecular formula is C10H18N6O4. The smallest absolute Gasteiger partial charge is 0.356 e. The molecule has 0 aliphatic carbocycles. The lowest BCUT2D eigenvalue weighted by molar-refractivity contribution is -0.165. The second-order valence-corrected chi connectivity index (χ2v) is 3.31. The summed E-state index contributed by atoms with van der Waals surface area (Å²) in [6, 6.07) is 0. The van der Waals surface area contributed by atoms with E-state index in [4.69, 9.17) is 21.1 Å². The van der Waals surface area contributed by atoms with Crippen molar-refractivity contribution in [3.05, 3.63) is 12.2 Å². The van der Waals surface area contributed by atoms with Crippen molar-refractivity contribution < 1.29 is 19.3 Å². The fraction of sp³-hybridized carbons (Fsp3) is 0.400. The number of rotatable bonds is 2. The third kappa shape index (κ3) is 6.23. The molecule has 0 aliphatic heterocycles. The molecule has 10 heteroatoms. The van der Waals surface area contributed by atoms with E-state index in [1.807, 2.05) is 0 Å². The molecule has 0 radical (unpaired) electrons. The Balaban J connectivity index is 4.36. The van der Waals surface area contributed by atoms with E-state index in [0.29, 0.717) is 0 Å². The molecule has 0 rings (SSSR count). The molecule has 20 heavy (non-hydrogen) atoms. The van der Waals surface area contributed by atoms with Crippen LogP contribution in [0.2, 0.25) is 0 Å². The van der Waals surface area contributed by atoms with Crippen LogP contribution in [-0.2, 0) is 19.3 Å². The first kappa shape index (κ1) is 17.2. The minimum Gasteiger partial charge on any atom is -0.367 e. The van der Waals surface area contributed by atoms with Crippen LogP contribution >= 0.6 is 0 Å². The van der Waals surface area contributed by atoms with Crippen LogP contribution in [0.4, 0.5) is 0 Å². The molecule has 0 atom stereocenters. The van der Waals surface area contributed by atoms with Crippen molar-refractivity contribution >= 4 is 23.9 Å². The monoisotopic (exact) mass is 286 g/mol. The largest absolute Gasteiger partial charge is 0.367 e. The van der Waals surface area contributed by atoms with E-state index in [1.165, 1.54) is 28.2 Å². The van der Waals surface area contributed by atoms with Gasteiger partial charge in [0.15, 0.2) is 0 Å². The SMILES string of the molecule is CN=C(N)N(C)OC(=O)/C=C/C(=O)ON(C)C(N)=NC. The van der Waals surface area contributed by atoms with Gasteiger partial charge in [-0.3, -0.25) is 9.98 Å². The Labute approximate surface area is 116 Å². The van der Waals surface area contributed by atoms with Crippen LogP contribution in [0.1, 0.15) is 0 Å². The maximum absolute atomic E-state index is 11.3. The van der Waals surface area contributed by atoms with Crippen molar-refractivity contribution in [1.82, 2.24) is 10.1 Å². The Morgan fingerprint density at radius 1 is 0.900 bits per heavy atom. The van der Waals surface area contributed by atoms with Crippen LogP contribution in [0, 0.1) is 0 Å². The van der Waals surface area contributed by atoms with Gasteiger partial charge in [-0.1, -0.05) is 0 Å². The fourth-order valence-corrected chi connectivity index (χ4v) is 0.842. The summed E-state index contributed by atoms with van der Waals surface area (Å²) in [5.41, 5.74) is 10.8. The predicted molar refractivity (Wildman–Crippen MR) is 71.9 cm³/mol. The van der Waals surface area contributed by atoms with E-state index in [1.54, 1.807) is 0 Å². The van der Waals surface area contributed by atoms with E-state index in [2.05, 4.69) is 9.98 Å². The van der Waals surface area contributed by atoms with Gasteiger partial charge in [-0.15, -0.1) is 0 Å². The van der Waals surface area contributed by atoms with E-state index in [9.17, 15) is 9.59 Å². The Morgan fingerprint density at radius 3 is 1.45 bits per heavy atom. The first-order chi connectivity index (χ1) is 9.31. The van der Waals surface area contributed by atoms with Gasteiger partial charge in [0, 0.05) is 40.3 Å². The number of guanidine groups is 2. The maximum Gasteiger partial charge on any atom is 0.356 e. The Hall–Kier alpha value is -2.78. The van der Waals surface area contributed by atoms with Crippen LogP contribution in [-0.4, -0.2) is 62.2 Å².